The molecular weight excluding hydrogens is 480 g/mol. The molecule has 3 unspecified atom stereocenters. The molecule has 2 aliphatic rings. The summed E-state index contributed by atoms with van der Waals surface area (Å²) in [6, 6.07) is 0. The molecule has 0 radical (unpaired) electrons. The number of rotatable bonds is 1. The van der Waals surface area contributed by atoms with Gasteiger partial charge in [0.2, 0.25) is 0 Å². The first-order valence-electron chi connectivity index (χ1n) is 15.0. The predicted octanol–water partition coefficient (Wildman–Crippen LogP) is 7.50. The largest absolute Gasteiger partial charge is 0.465 e. The highest BCUT2D eigenvalue weighted by atomic mass is 16.5. The molecule has 2 heterocycles. The molecular formula is C32H54O6. The second-order valence-corrected chi connectivity index (χ2v) is 12.5. The summed E-state index contributed by atoms with van der Waals surface area (Å²) in [6.07, 6.45) is 19.6. The van der Waals surface area contributed by atoms with Crippen molar-refractivity contribution in [3.05, 3.63) is 24.3 Å². The molecule has 2 rings (SSSR count). The van der Waals surface area contributed by atoms with Gasteiger partial charge in [-0.25, -0.2) is 0 Å². The van der Waals surface area contributed by atoms with Crippen LogP contribution in [-0.2, 0) is 28.5 Å². The van der Waals surface area contributed by atoms with Crippen molar-refractivity contribution >= 4 is 11.9 Å². The number of cyclic esters (lactones) is 2. The lowest BCUT2D eigenvalue weighted by atomic mass is 9.87. The van der Waals surface area contributed by atoms with E-state index in [1.165, 1.54) is 0 Å². The van der Waals surface area contributed by atoms with E-state index in [9.17, 15) is 9.59 Å². The maximum Gasteiger partial charge on any atom is 0.306 e. The number of hydrogen-bond acceptors (Lipinski definition) is 6. The maximum atomic E-state index is 12.5. The van der Waals surface area contributed by atoms with Crippen molar-refractivity contribution in [3.8, 4) is 0 Å². The fraction of sp³-hybridized carbons (Fsp3) is 0.812. The summed E-state index contributed by atoms with van der Waals surface area (Å²) in [5.74, 6) is 0.319. The summed E-state index contributed by atoms with van der Waals surface area (Å²) < 4.78 is 23.8. The van der Waals surface area contributed by atoms with Gasteiger partial charge in [-0.2, -0.15) is 0 Å². The van der Waals surface area contributed by atoms with E-state index in [-0.39, 0.29) is 41.8 Å². The summed E-state index contributed by atoms with van der Waals surface area (Å²) in [5.41, 5.74) is -0.438. The summed E-state index contributed by atoms with van der Waals surface area (Å²) in [5, 5.41) is 0. The van der Waals surface area contributed by atoms with Crippen LogP contribution in [0, 0.1) is 11.8 Å². The molecule has 0 N–H and O–H groups in total. The molecule has 0 saturated carbocycles. The van der Waals surface area contributed by atoms with Gasteiger partial charge < -0.3 is 18.9 Å². The van der Waals surface area contributed by atoms with Crippen LogP contribution in [0.25, 0.3) is 0 Å². The molecule has 0 aromatic carbocycles. The van der Waals surface area contributed by atoms with Crippen LogP contribution in [0.3, 0.4) is 0 Å². The Morgan fingerprint density at radius 3 is 2.34 bits per heavy atom. The first kappa shape index (κ1) is 32.6. The monoisotopic (exact) mass is 534 g/mol. The van der Waals surface area contributed by atoms with Gasteiger partial charge in [0.15, 0.2) is 0 Å². The van der Waals surface area contributed by atoms with E-state index < -0.39 is 0 Å². The smallest absolute Gasteiger partial charge is 0.306 e. The van der Waals surface area contributed by atoms with E-state index in [1.807, 2.05) is 12.2 Å². The predicted molar refractivity (Wildman–Crippen MR) is 152 cm³/mol. The third kappa shape index (κ3) is 14.5. The zero-order chi connectivity index (χ0) is 27.9. The Hall–Kier alpha value is -1.66. The molecule has 2 aliphatic heterocycles. The second-order valence-electron chi connectivity index (χ2n) is 12.5. The minimum absolute atomic E-state index is 0.0257. The summed E-state index contributed by atoms with van der Waals surface area (Å²) in [6.45, 7) is 12.0. The van der Waals surface area contributed by atoms with Crippen molar-refractivity contribution in [1.29, 1.82) is 0 Å². The van der Waals surface area contributed by atoms with Crippen molar-refractivity contribution < 1.29 is 28.5 Å². The zero-order valence-corrected chi connectivity index (χ0v) is 24.8. The molecule has 0 spiro atoms. The van der Waals surface area contributed by atoms with Gasteiger partial charge in [0.1, 0.15) is 6.61 Å². The Morgan fingerprint density at radius 2 is 1.53 bits per heavy atom. The number of ether oxygens (including phenoxy) is 4. The van der Waals surface area contributed by atoms with Crippen molar-refractivity contribution in [2.75, 3.05) is 19.8 Å². The van der Waals surface area contributed by atoms with Crippen LogP contribution >= 0.6 is 0 Å². The molecule has 0 fully saturated rings. The number of carbonyl (C=O) groups is 2. The fourth-order valence-electron chi connectivity index (χ4n) is 5.36. The number of hydrogen-bond donors (Lipinski definition) is 0. The van der Waals surface area contributed by atoms with Gasteiger partial charge >= 0.3 is 11.9 Å². The molecule has 0 bridgehead atoms. The van der Waals surface area contributed by atoms with E-state index in [1.54, 1.807) is 0 Å². The van der Waals surface area contributed by atoms with Crippen LogP contribution in [0.15, 0.2) is 24.3 Å². The second kappa shape index (κ2) is 17.1. The van der Waals surface area contributed by atoms with E-state index in [2.05, 4.69) is 46.8 Å². The van der Waals surface area contributed by atoms with Gasteiger partial charge in [0, 0.05) is 12.8 Å². The first-order chi connectivity index (χ1) is 18.1. The average molecular weight is 535 g/mol. The standard InChI is InChI=1S/C32H54O6/c1-26-15-14-21-32(4,5)38-28(17-9-7-11-22-36-30(34)25-26)27-16-8-6-10-20-31(2,3)37-24-13-12-23-35-29(33)19-18-27/h7,9,12-13,26-28H,6,8,10-11,14-25H2,1-5H3. The highest BCUT2D eigenvalue weighted by Crippen LogP contribution is 2.32. The SMILES string of the molecule is CC1CCCC(C)(C)OC(C2CCCCCC(C)(C)OCC=CCOC(=O)CC2)CC=CCCOC(=O)C1. The summed E-state index contributed by atoms with van der Waals surface area (Å²) in [7, 11) is 0. The molecule has 218 valence electrons. The normalized spacial score (nSPS) is 29.9. The lowest BCUT2D eigenvalue weighted by Crippen LogP contribution is -2.35. The Labute approximate surface area is 231 Å². The first-order valence-corrected chi connectivity index (χ1v) is 15.0. The van der Waals surface area contributed by atoms with Crippen LogP contribution in [0.5, 0.6) is 0 Å². The van der Waals surface area contributed by atoms with Crippen molar-refractivity contribution in [1.82, 2.24) is 0 Å². The molecule has 0 amide bonds. The van der Waals surface area contributed by atoms with E-state index in [0.29, 0.717) is 38.4 Å². The highest BCUT2D eigenvalue weighted by Gasteiger charge is 2.29. The minimum Gasteiger partial charge on any atom is -0.465 e. The molecule has 0 aliphatic carbocycles. The fourth-order valence-corrected chi connectivity index (χ4v) is 5.36. The van der Waals surface area contributed by atoms with Crippen molar-refractivity contribution in [2.45, 2.75) is 135 Å². The van der Waals surface area contributed by atoms with E-state index in [0.717, 1.165) is 64.2 Å². The van der Waals surface area contributed by atoms with Gasteiger partial charge in [-0.05, 0) is 84.1 Å². The molecule has 6 nitrogen and oxygen atoms in total. The van der Waals surface area contributed by atoms with Gasteiger partial charge in [-0.15, -0.1) is 0 Å². The Bertz CT molecular complexity index is 753. The van der Waals surface area contributed by atoms with Gasteiger partial charge in [0.25, 0.3) is 0 Å². The minimum atomic E-state index is -0.277. The van der Waals surface area contributed by atoms with Crippen molar-refractivity contribution in [3.63, 3.8) is 0 Å². The molecule has 3 atom stereocenters. The third-order valence-electron chi connectivity index (χ3n) is 7.72. The van der Waals surface area contributed by atoms with Crippen LogP contribution in [-0.4, -0.2) is 49.1 Å². The Morgan fingerprint density at radius 1 is 0.763 bits per heavy atom. The summed E-state index contributed by atoms with van der Waals surface area (Å²) in [4.78, 5) is 24.6. The molecule has 38 heavy (non-hydrogen) atoms. The molecule has 6 heteroatoms. The van der Waals surface area contributed by atoms with E-state index >= 15 is 0 Å². The number of esters is 2. The average Bonchev–Trinajstić information content (AvgIpc) is 2.83. The number of carbonyl (C=O) groups excluding carboxylic acids is 2. The molecule has 0 aromatic rings. The van der Waals surface area contributed by atoms with Crippen LogP contribution in [0.1, 0.15) is 118 Å². The topological polar surface area (TPSA) is 71.1 Å². The van der Waals surface area contributed by atoms with Crippen LogP contribution < -0.4 is 0 Å². The molecule has 0 saturated heterocycles. The third-order valence-corrected chi connectivity index (χ3v) is 7.72. The lowest BCUT2D eigenvalue weighted by molar-refractivity contribution is -0.145. The zero-order valence-electron chi connectivity index (χ0n) is 24.8. The van der Waals surface area contributed by atoms with Gasteiger partial charge in [0.05, 0.1) is 30.5 Å². The van der Waals surface area contributed by atoms with Crippen molar-refractivity contribution in [2.24, 2.45) is 11.8 Å². The lowest BCUT2D eigenvalue weighted by Gasteiger charge is -2.35. The van der Waals surface area contributed by atoms with E-state index in [4.69, 9.17) is 18.9 Å². The maximum absolute atomic E-state index is 12.5. The van der Waals surface area contributed by atoms with Gasteiger partial charge in [-0.1, -0.05) is 57.3 Å². The summed E-state index contributed by atoms with van der Waals surface area (Å²) >= 11 is 0. The highest BCUT2D eigenvalue weighted by molar-refractivity contribution is 5.69. The van der Waals surface area contributed by atoms with Crippen LogP contribution in [0.2, 0.25) is 0 Å². The quantitative estimate of drug-likeness (QED) is 0.256. The Balaban J connectivity index is 2.14. The molecule has 0 aromatic heterocycles. The Kier molecular flexibility index (Phi) is 14.7. The van der Waals surface area contributed by atoms with Crippen LogP contribution in [0.4, 0.5) is 0 Å². The van der Waals surface area contributed by atoms with Gasteiger partial charge in [-0.3, -0.25) is 9.59 Å².